The van der Waals surface area contributed by atoms with Crippen molar-refractivity contribution < 1.29 is 4.79 Å². The van der Waals surface area contributed by atoms with Crippen molar-refractivity contribution in [3.8, 4) is 0 Å². The number of carbonyl (C=O) groups is 1. The molecule has 1 aliphatic rings. The van der Waals surface area contributed by atoms with Crippen molar-refractivity contribution in [1.82, 2.24) is 10.6 Å². The summed E-state index contributed by atoms with van der Waals surface area (Å²) in [5.41, 5.74) is 3.13. The SMILES string of the molecule is CNC(=O)C(=C1CCNCC1)c1ccccc1. The Morgan fingerprint density at radius 3 is 2.41 bits per heavy atom. The van der Waals surface area contributed by atoms with Crippen LogP contribution in [0, 0.1) is 0 Å². The van der Waals surface area contributed by atoms with Crippen molar-refractivity contribution in [2.24, 2.45) is 0 Å². The fourth-order valence-corrected chi connectivity index (χ4v) is 2.20. The highest BCUT2D eigenvalue weighted by Gasteiger charge is 2.17. The first kappa shape index (κ1) is 11.9. The van der Waals surface area contributed by atoms with E-state index in [4.69, 9.17) is 0 Å². The number of hydrogen-bond acceptors (Lipinski definition) is 2. The second-order valence-electron chi connectivity index (χ2n) is 4.17. The fourth-order valence-electron chi connectivity index (χ4n) is 2.20. The molecule has 3 nitrogen and oxygen atoms in total. The summed E-state index contributed by atoms with van der Waals surface area (Å²) in [6.45, 7) is 1.92. The highest BCUT2D eigenvalue weighted by molar-refractivity contribution is 6.20. The molecule has 1 aromatic carbocycles. The van der Waals surface area contributed by atoms with Gasteiger partial charge in [-0.15, -0.1) is 0 Å². The third-order valence-electron chi connectivity index (χ3n) is 3.08. The third-order valence-corrected chi connectivity index (χ3v) is 3.08. The number of carbonyl (C=O) groups excluding carboxylic acids is 1. The molecule has 1 fully saturated rings. The van der Waals surface area contributed by atoms with Crippen LogP contribution in [0.15, 0.2) is 35.9 Å². The van der Waals surface area contributed by atoms with Crippen LogP contribution in [-0.4, -0.2) is 26.0 Å². The van der Waals surface area contributed by atoms with Gasteiger partial charge in [0.2, 0.25) is 0 Å². The lowest BCUT2D eigenvalue weighted by molar-refractivity contribution is -0.115. The Hall–Kier alpha value is -1.61. The molecule has 1 saturated heterocycles. The maximum atomic E-state index is 12.0. The number of nitrogens with one attached hydrogen (secondary N) is 2. The zero-order chi connectivity index (χ0) is 12.1. The second kappa shape index (κ2) is 5.64. The van der Waals surface area contributed by atoms with E-state index in [2.05, 4.69) is 10.6 Å². The minimum absolute atomic E-state index is 0.0214. The van der Waals surface area contributed by atoms with Gasteiger partial charge in [-0.3, -0.25) is 4.79 Å². The number of piperidine rings is 1. The molecule has 0 atom stereocenters. The predicted octanol–water partition coefficient (Wildman–Crippen LogP) is 1.57. The summed E-state index contributed by atoms with van der Waals surface area (Å²) in [4.78, 5) is 12.0. The zero-order valence-electron chi connectivity index (χ0n) is 10.1. The van der Waals surface area contributed by atoms with Gasteiger partial charge < -0.3 is 10.6 Å². The highest BCUT2D eigenvalue weighted by Crippen LogP contribution is 2.24. The van der Waals surface area contributed by atoms with Crippen molar-refractivity contribution in [2.75, 3.05) is 20.1 Å². The number of rotatable bonds is 2. The molecule has 0 saturated carbocycles. The van der Waals surface area contributed by atoms with Crippen LogP contribution in [0.4, 0.5) is 0 Å². The molecule has 3 heteroatoms. The van der Waals surface area contributed by atoms with Crippen molar-refractivity contribution in [3.05, 3.63) is 41.5 Å². The molecule has 0 aromatic heterocycles. The molecule has 1 amide bonds. The van der Waals surface area contributed by atoms with Crippen molar-refractivity contribution in [3.63, 3.8) is 0 Å². The molecule has 1 heterocycles. The number of likely N-dealkylation sites (N-methyl/N-ethyl adjacent to an activating group) is 1. The van der Waals surface area contributed by atoms with E-state index in [0.29, 0.717) is 0 Å². The van der Waals surface area contributed by atoms with E-state index >= 15 is 0 Å². The van der Waals surface area contributed by atoms with E-state index < -0.39 is 0 Å². The van der Waals surface area contributed by atoms with Crippen LogP contribution in [0.1, 0.15) is 18.4 Å². The van der Waals surface area contributed by atoms with E-state index in [9.17, 15) is 4.79 Å². The largest absolute Gasteiger partial charge is 0.355 e. The van der Waals surface area contributed by atoms with Gasteiger partial charge in [-0.25, -0.2) is 0 Å². The summed E-state index contributed by atoms with van der Waals surface area (Å²) in [7, 11) is 1.69. The standard InChI is InChI=1S/C14H18N2O/c1-15-14(17)13(11-5-3-2-4-6-11)12-7-9-16-10-8-12/h2-6,16H,7-10H2,1H3,(H,15,17). The van der Waals surface area contributed by atoms with Crippen LogP contribution in [0.5, 0.6) is 0 Å². The normalized spacial score (nSPS) is 15.5. The molecule has 17 heavy (non-hydrogen) atoms. The van der Waals surface area contributed by atoms with Crippen LogP contribution >= 0.6 is 0 Å². The number of benzene rings is 1. The minimum atomic E-state index is 0.0214. The lowest BCUT2D eigenvalue weighted by Crippen LogP contribution is -2.27. The molecular formula is C14H18N2O. The molecule has 0 bridgehead atoms. The predicted molar refractivity (Wildman–Crippen MR) is 69.5 cm³/mol. The molecule has 2 rings (SSSR count). The number of amides is 1. The number of hydrogen-bond donors (Lipinski definition) is 2. The maximum absolute atomic E-state index is 12.0. The van der Waals surface area contributed by atoms with Crippen molar-refractivity contribution in [1.29, 1.82) is 0 Å². The van der Waals surface area contributed by atoms with Gasteiger partial charge in [0.25, 0.3) is 5.91 Å². The lowest BCUT2D eigenvalue weighted by Gasteiger charge is -2.19. The van der Waals surface area contributed by atoms with E-state index in [1.165, 1.54) is 5.57 Å². The Morgan fingerprint density at radius 1 is 1.18 bits per heavy atom. The average Bonchev–Trinajstić information content (AvgIpc) is 2.41. The van der Waals surface area contributed by atoms with E-state index in [0.717, 1.165) is 37.1 Å². The molecule has 2 N–H and O–H groups in total. The molecule has 0 unspecified atom stereocenters. The first-order valence-corrected chi connectivity index (χ1v) is 6.03. The maximum Gasteiger partial charge on any atom is 0.251 e. The van der Waals surface area contributed by atoms with Crippen LogP contribution in [0.25, 0.3) is 5.57 Å². The Kier molecular flexibility index (Phi) is 3.94. The van der Waals surface area contributed by atoms with Crippen molar-refractivity contribution >= 4 is 11.5 Å². The summed E-state index contributed by atoms with van der Waals surface area (Å²) in [5.74, 6) is 0.0214. The lowest BCUT2D eigenvalue weighted by atomic mass is 9.93. The molecule has 90 valence electrons. The molecule has 0 aliphatic carbocycles. The van der Waals surface area contributed by atoms with E-state index in [-0.39, 0.29) is 5.91 Å². The Morgan fingerprint density at radius 2 is 1.82 bits per heavy atom. The van der Waals surface area contributed by atoms with Gasteiger partial charge in [0.1, 0.15) is 0 Å². The molecule has 0 radical (unpaired) electrons. The molecular weight excluding hydrogens is 212 g/mol. The fraction of sp³-hybridized carbons (Fsp3) is 0.357. The van der Waals surface area contributed by atoms with E-state index in [1.807, 2.05) is 30.3 Å². The molecule has 0 spiro atoms. The molecule has 1 aliphatic heterocycles. The van der Waals surface area contributed by atoms with Crippen LogP contribution in [0.3, 0.4) is 0 Å². The monoisotopic (exact) mass is 230 g/mol. The molecule has 1 aromatic rings. The van der Waals surface area contributed by atoms with Gasteiger partial charge in [0.05, 0.1) is 0 Å². The van der Waals surface area contributed by atoms with Gasteiger partial charge in [-0.2, -0.15) is 0 Å². The third kappa shape index (κ3) is 2.74. The van der Waals surface area contributed by atoms with Crippen LogP contribution in [-0.2, 0) is 4.79 Å². The second-order valence-corrected chi connectivity index (χ2v) is 4.17. The average molecular weight is 230 g/mol. The van der Waals surface area contributed by atoms with Gasteiger partial charge in [-0.1, -0.05) is 35.9 Å². The topological polar surface area (TPSA) is 41.1 Å². The highest BCUT2D eigenvalue weighted by atomic mass is 16.1. The van der Waals surface area contributed by atoms with Gasteiger partial charge in [0.15, 0.2) is 0 Å². The summed E-state index contributed by atoms with van der Waals surface area (Å²) >= 11 is 0. The Labute approximate surface area is 102 Å². The quantitative estimate of drug-likeness (QED) is 0.757. The first-order valence-electron chi connectivity index (χ1n) is 6.03. The Bertz CT molecular complexity index is 415. The summed E-state index contributed by atoms with van der Waals surface area (Å²) in [5, 5.41) is 6.06. The summed E-state index contributed by atoms with van der Waals surface area (Å²) < 4.78 is 0. The van der Waals surface area contributed by atoms with Gasteiger partial charge in [0, 0.05) is 12.6 Å². The first-order chi connectivity index (χ1) is 8.33. The summed E-state index contributed by atoms with van der Waals surface area (Å²) in [6, 6.07) is 9.91. The zero-order valence-corrected chi connectivity index (χ0v) is 10.1. The Balaban J connectivity index is 2.41. The smallest absolute Gasteiger partial charge is 0.251 e. The minimum Gasteiger partial charge on any atom is -0.355 e. The van der Waals surface area contributed by atoms with Crippen molar-refractivity contribution in [2.45, 2.75) is 12.8 Å². The van der Waals surface area contributed by atoms with Crippen LogP contribution < -0.4 is 10.6 Å². The van der Waals surface area contributed by atoms with Gasteiger partial charge >= 0.3 is 0 Å². The van der Waals surface area contributed by atoms with E-state index in [1.54, 1.807) is 7.05 Å². The summed E-state index contributed by atoms with van der Waals surface area (Å²) in [6.07, 6.45) is 1.91. The van der Waals surface area contributed by atoms with Gasteiger partial charge in [-0.05, 0) is 31.5 Å². The van der Waals surface area contributed by atoms with Crippen LogP contribution in [0.2, 0.25) is 0 Å².